The van der Waals surface area contributed by atoms with E-state index in [0.29, 0.717) is 50.6 Å². The lowest BCUT2D eigenvalue weighted by atomic mass is 10.0. The Hall–Kier alpha value is -3.30. The molecule has 11 heteroatoms. The van der Waals surface area contributed by atoms with E-state index in [1.807, 2.05) is 19.1 Å². The predicted octanol–water partition coefficient (Wildman–Crippen LogP) is 6.89. The Kier molecular flexibility index (Phi) is 7.96. The molecule has 1 aliphatic rings. The van der Waals surface area contributed by atoms with Crippen molar-refractivity contribution in [2.45, 2.75) is 57.4 Å². The van der Waals surface area contributed by atoms with Gasteiger partial charge < -0.3 is 4.74 Å². The van der Waals surface area contributed by atoms with Crippen LogP contribution in [0.5, 0.6) is 0 Å². The molecule has 2 heterocycles. The Morgan fingerprint density at radius 3 is 2.67 bits per heavy atom. The molecule has 218 valence electrons. The number of halogens is 1. The molecule has 2 aromatic heterocycles. The van der Waals surface area contributed by atoms with Gasteiger partial charge in [0.15, 0.2) is 5.82 Å². The summed E-state index contributed by atoms with van der Waals surface area (Å²) in [7, 11) is -5.22. The fourth-order valence-corrected chi connectivity index (χ4v) is 8.49. The number of nitrogens with zero attached hydrogens (tertiary/aromatic N) is 4. The minimum atomic E-state index is -3.89. The summed E-state index contributed by atoms with van der Waals surface area (Å²) in [5.41, 5.74) is 3.19. The monoisotopic (exact) mass is 664 g/mol. The zero-order valence-electron chi connectivity index (χ0n) is 24.3. The molecule has 0 saturated carbocycles. The largest absolute Gasteiger partial charge is 0.361 e. The number of ketones is 1. The quantitative estimate of drug-likeness (QED) is 0.110. The van der Waals surface area contributed by atoms with Crippen molar-refractivity contribution in [1.29, 1.82) is 5.26 Å². The Morgan fingerprint density at radius 2 is 1.98 bits per heavy atom. The first-order valence-electron chi connectivity index (χ1n) is 13.7. The number of hydrogen-bond acceptors (Lipinski definition) is 6. The Balaban J connectivity index is 1.61. The third-order valence-corrected chi connectivity index (χ3v) is 12.1. The van der Waals surface area contributed by atoms with Crippen molar-refractivity contribution < 1.29 is 17.9 Å². The molecule has 2 aromatic carbocycles. The number of aromatic nitrogens is 3. The van der Waals surface area contributed by atoms with Crippen molar-refractivity contribution in [1.82, 2.24) is 13.5 Å². The number of carbonyl (C=O) groups is 1. The highest BCUT2D eigenvalue weighted by atomic mass is 79.9. The van der Waals surface area contributed by atoms with Crippen LogP contribution >= 0.6 is 15.9 Å². The van der Waals surface area contributed by atoms with E-state index in [1.165, 1.54) is 10.2 Å². The van der Waals surface area contributed by atoms with Crippen LogP contribution < -0.4 is 0 Å². The molecule has 0 fully saturated rings. The summed E-state index contributed by atoms with van der Waals surface area (Å²) in [5, 5.41) is 10.0. The molecule has 5 rings (SSSR count). The smallest absolute Gasteiger partial charge is 0.248 e. The predicted molar refractivity (Wildman–Crippen MR) is 172 cm³/mol. The number of benzene rings is 2. The molecule has 0 amide bonds. The summed E-state index contributed by atoms with van der Waals surface area (Å²) >= 11 is 3.42. The number of rotatable bonds is 9. The van der Waals surface area contributed by atoms with Crippen molar-refractivity contribution in [2.75, 3.05) is 6.61 Å². The fraction of sp³-hybridized carbons (Fsp3) is 0.323. The van der Waals surface area contributed by atoms with Crippen LogP contribution in [0.4, 0.5) is 0 Å². The SMILES string of the molecule is Cc1ccc(C(=O)c2nc3ccc(C#N)cc3n2COCC[Si](C)(C)C)c2ccn(S(=O)(=O)C3(C)C=C(Br)C=CC3)c12. The summed E-state index contributed by atoms with van der Waals surface area (Å²) in [6.07, 6.45) is 7.24. The minimum absolute atomic E-state index is 0.106. The number of imidazole rings is 1. The topological polar surface area (TPSA) is 107 Å². The lowest BCUT2D eigenvalue weighted by Crippen LogP contribution is -2.38. The zero-order chi connectivity index (χ0) is 30.4. The first kappa shape index (κ1) is 30.2. The minimum Gasteiger partial charge on any atom is -0.361 e. The summed E-state index contributed by atoms with van der Waals surface area (Å²) in [4.78, 5) is 18.9. The molecule has 0 radical (unpaired) electrons. The van der Waals surface area contributed by atoms with Crippen LogP contribution in [0.2, 0.25) is 25.7 Å². The molecule has 0 saturated heterocycles. The first-order chi connectivity index (χ1) is 19.8. The number of ether oxygens (including phenoxy) is 1. The average molecular weight is 666 g/mol. The van der Waals surface area contributed by atoms with Crippen LogP contribution in [0.15, 0.2) is 65.3 Å². The molecule has 1 aliphatic carbocycles. The highest BCUT2D eigenvalue weighted by Gasteiger charge is 2.40. The molecule has 8 nitrogen and oxygen atoms in total. The Labute approximate surface area is 255 Å². The molecule has 0 aliphatic heterocycles. The zero-order valence-corrected chi connectivity index (χ0v) is 27.7. The van der Waals surface area contributed by atoms with Gasteiger partial charge in [-0.25, -0.2) is 17.4 Å². The van der Waals surface area contributed by atoms with Crippen molar-refractivity contribution >= 4 is 61.7 Å². The molecule has 0 bridgehead atoms. The Morgan fingerprint density at radius 1 is 1.21 bits per heavy atom. The van der Waals surface area contributed by atoms with E-state index in [0.717, 1.165) is 11.6 Å². The molecule has 1 atom stereocenters. The van der Waals surface area contributed by atoms with E-state index >= 15 is 0 Å². The van der Waals surface area contributed by atoms with Gasteiger partial charge in [0.1, 0.15) is 11.5 Å². The standard InChI is InChI=1S/C31H33BrN4O4SSi/c1-21-8-10-25(24-12-14-36(28(21)24)41(38,39)31(2)13-6-7-23(32)18-31)29(37)30-34-26-11-9-22(19-33)17-27(26)35(30)20-40-15-16-42(3,4)5/h6-12,14,17-18H,13,15-16,20H2,1-5H3. The van der Waals surface area contributed by atoms with E-state index in [1.54, 1.807) is 54.0 Å². The van der Waals surface area contributed by atoms with Crippen LogP contribution in [-0.4, -0.2) is 47.2 Å². The van der Waals surface area contributed by atoms with Crippen LogP contribution in [0.25, 0.3) is 21.9 Å². The summed E-state index contributed by atoms with van der Waals surface area (Å²) in [6, 6.07) is 13.4. The normalized spacial score (nSPS) is 17.5. The lowest BCUT2D eigenvalue weighted by Gasteiger charge is -2.28. The second kappa shape index (κ2) is 11.1. The first-order valence-corrected chi connectivity index (χ1v) is 19.6. The van der Waals surface area contributed by atoms with E-state index in [2.05, 4.69) is 46.6 Å². The van der Waals surface area contributed by atoms with Crippen LogP contribution in [0.1, 0.15) is 40.7 Å². The van der Waals surface area contributed by atoms with Gasteiger partial charge in [-0.15, -0.1) is 0 Å². The van der Waals surface area contributed by atoms with Gasteiger partial charge in [-0.3, -0.25) is 9.36 Å². The summed E-state index contributed by atoms with van der Waals surface area (Å²) in [6.45, 7) is 11.0. The molecule has 42 heavy (non-hydrogen) atoms. The number of aryl methyl sites for hydroxylation is 1. The van der Waals surface area contributed by atoms with Gasteiger partial charge >= 0.3 is 0 Å². The lowest BCUT2D eigenvalue weighted by molar-refractivity contribution is 0.0835. The van der Waals surface area contributed by atoms with Crippen molar-refractivity contribution in [2.24, 2.45) is 0 Å². The average Bonchev–Trinajstić information content (AvgIpc) is 3.53. The number of hydrogen-bond donors (Lipinski definition) is 0. The second-order valence-electron chi connectivity index (χ2n) is 12.1. The van der Waals surface area contributed by atoms with Gasteiger partial charge in [-0.05, 0) is 68.3 Å². The van der Waals surface area contributed by atoms with Crippen molar-refractivity contribution in [3.8, 4) is 6.07 Å². The number of nitriles is 1. The van der Waals surface area contributed by atoms with Gasteiger partial charge in [-0.1, -0.05) is 53.8 Å². The number of fused-ring (bicyclic) bond motifs is 2. The van der Waals surface area contributed by atoms with Gasteiger partial charge in [-0.2, -0.15) is 5.26 Å². The van der Waals surface area contributed by atoms with E-state index in [9.17, 15) is 18.5 Å². The third kappa shape index (κ3) is 5.44. The van der Waals surface area contributed by atoms with Crippen molar-refractivity contribution in [3.05, 3.63) is 87.8 Å². The molecule has 1 unspecified atom stereocenters. The maximum absolute atomic E-state index is 14.2. The van der Waals surface area contributed by atoms with Gasteiger partial charge in [0.25, 0.3) is 0 Å². The third-order valence-electron chi connectivity index (χ3n) is 7.65. The van der Waals surface area contributed by atoms with E-state index < -0.39 is 22.8 Å². The maximum atomic E-state index is 14.2. The van der Waals surface area contributed by atoms with Gasteiger partial charge in [0.05, 0.1) is 28.2 Å². The van der Waals surface area contributed by atoms with Crippen LogP contribution in [-0.2, 0) is 21.5 Å². The molecular formula is C31H33BrN4O4SSi. The fourth-order valence-electron chi connectivity index (χ4n) is 5.15. The number of allylic oxidation sites excluding steroid dienone is 3. The molecule has 0 spiro atoms. The molecule has 0 N–H and O–H groups in total. The highest BCUT2D eigenvalue weighted by molar-refractivity contribution is 9.11. The van der Waals surface area contributed by atoms with Crippen LogP contribution in [0, 0.1) is 18.3 Å². The van der Waals surface area contributed by atoms with Crippen molar-refractivity contribution in [3.63, 3.8) is 0 Å². The summed E-state index contributed by atoms with van der Waals surface area (Å²) < 4.78 is 36.6. The van der Waals surface area contributed by atoms with Gasteiger partial charge in [0.2, 0.25) is 15.8 Å². The van der Waals surface area contributed by atoms with Crippen LogP contribution in [0.3, 0.4) is 0 Å². The van der Waals surface area contributed by atoms with E-state index in [4.69, 9.17) is 4.74 Å². The number of carbonyl (C=O) groups excluding carboxylic acids is 1. The second-order valence-corrected chi connectivity index (χ2v) is 20.9. The highest BCUT2D eigenvalue weighted by Crippen LogP contribution is 2.36. The molecule has 4 aromatic rings. The Bertz CT molecular complexity index is 1940. The van der Waals surface area contributed by atoms with E-state index in [-0.39, 0.29) is 18.3 Å². The van der Waals surface area contributed by atoms with Gasteiger partial charge in [0, 0.05) is 36.3 Å². The molecular weight excluding hydrogens is 632 g/mol. The maximum Gasteiger partial charge on any atom is 0.248 e. The summed E-state index contributed by atoms with van der Waals surface area (Å²) in [5.74, 6) is -0.182.